The molecule has 1 rings (SSSR count). The van der Waals surface area contributed by atoms with E-state index >= 15 is 0 Å². The molecule has 0 aromatic rings. The third kappa shape index (κ3) is 5.68. The average Bonchev–Trinajstić information content (AvgIpc) is 2.76. The minimum atomic E-state index is -1.15. The third-order valence-electron chi connectivity index (χ3n) is 2.43. The van der Waals surface area contributed by atoms with E-state index < -0.39 is 30.1 Å². The lowest BCUT2D eigenvalue weighted by Crippen LogP contribution is -2.49. The topological polar surface area (TPSA) is 95.9 Å². The van der Waals surface area contributed by atoms with Crippen LogP contribution < -0.4 is 5.32 Å². The van der Waals surface area contributed by atoms with Crippen molar-refractivity contribution >= 4 is 29.7 Å². The number of hydrogen-bond acceptors (Lipinski definition) is 5. The number of hydrogen-bond donors (Lipinski definition) is 2. The zero-order valence-corrected chi connectivity index (χ0v) is 12.7. The van der Waals surface area contributed by atoms with E-state index in [1.54, 1.807) is 32.5 Å². The van der Waals surface area contributed by atoms with Crippen LogP contribution in [0.2, 0.25) is 0 Å². The van der Waals surface area contributed by atoms with E-state index in [9.17, 15) is 14.4 Å². The predicted octanol–water partition coefficient (Wildman–Crippen LogP) is 0.887. The van der Waals surface area contributed by atoms with Crippen LogP contribution in [-0.4, -0.2) is 57.8 Å². The Bertz CT molecular complexity index is 388. The lowest BCUT2D eigenvalue weighted by atomic mass is 10.2. The summed E-state index contributed by atoms with van der Waals surface area (Å²) in [5.74, 6) is -0.197. The van der Waals surface area contributed by atoms with Crippen molar-refractivity contribution in [2.75, 3.05) is 18.2 Å². The van der Waals surface area contributed by atoms with Crippen molar-refractivity contribution in [3.05, 3.63) is 0 Å². The summed E-state index contributed by atoms with van der Waals surface area (Å²) >= 11 is 1.59. The summed E-state index contributed by atoms with van der Waals surface area (Å²) in [6.07, 6.45) is -1.25. The summed E-state index contributed by atoms with van der Waals surface area (Å²) in [4.78, 5) is 36.2. The van der Waals surface area contributed by atoms with Crippen LogP contribution in [-0.2, 0) is 14.3 Å². The lowest BCUT2D eigenvalue weighted by Gasteiger charge is -2.25. The second-order valence-corrected chi connectivity index (χ2v) is 6.51. The summed E-state index contributed by atoms with van der Waals surface area (Å²) in [6, 6.07) is -1.10. The molecule has 0 aromatic heterocycles. The zero-order chi connectivity index (χ0) is 15.3. The Morgan fingerprint density at radius 1 is 1.40 bits per heavy atom. The molecule has 7 nitrogen and oxygen atoms in total. The van der Waals surface area contributed by atoms with Crippen LogP contribution in [0.4, 0.5) is 4.79 Å². The molecular formula is C12H20N2O5S. The van der Waals surface area contributed by atoms with Gasteiger partial charge in [0.25, 0.3) is 0 Å². The molecule has 20 heavy (non-hydrogen) atoms. The van der Waals surface area contributed by atoms with Crippen LogP contribution >= 0.6 is 11.8 Å². The van der Waals surface area contributed by atoms with E-state index in [1.165, 1.54) is 4.90 Å². The van der Waals surface area contributed by atoms with Gasteiger partial charge in [0.05, 0.1) is 12.3 Å². The second-order valence-electron chi connectivity index (χ2n) is 5.44. The quantitative estimate of drug-likeness (QED) is 0.800. The van der Waals surface area contributed by atoms with Gasteiger partial charge in [-0.15, -0.1) is 11.8 Å². The van der Waals surface area contributed by atoms with Crippen molar-refractivity contribution in [3.63, 3.8) is 0 Å². The summed E-state index contributed by atoms with van der Waals surface area (Å²) in [7, 11) is 0. The van der Waals surface area contributed by atoms with Crippen molar-refractivity contribution in [1.29, 1.82) is 0 Å². The number of ether oxygens (including phenoxy) is 1. The molecule has 0 aromatic carbocycles. The maximum absolute atomic E-state index is 12.2. The second kappa shape index (κ2) is 6.83. The number of amides is 2. The van der Waals surface area contributed by atoms with E-state index in [0.29, 0.717) is 12.4 Å². The average molecular weight is 304 g/mol. The van der Waals surface area contributed by atoms with Gasteiger partial charge in [-0.2, -0.15) is 0 Å². The molecule has 1 atom stereocenters. The van der Waals surface area contributed by atoms with Crippen LogP contribution in [0.3, 0.4) is 0 Å². The van der Waals surface area contributed by atoms with E-state index in [0.717, 1.165) is 5.75 Å². The molecule has 0 radical (unpaired) electrons. The molecule has 2 amide bonds. The van der Waals surface area contributed by atoms with Crippen molar-refractivity contribution in [2.24, 2.45) is 0 Å². The Kier molecular flexibility index (Phi) is 5.67. The molecule has 0 spiro atoms. The maximum atomic E-state index is 12.2. The number of aliphatic carboxylic acids is 1. The Balaban J connectivity index is 2.66. The van der Waals surface area contributed by atoms with Crippen molar-refractivity contribution < 1.29 is 24.2 Å². The molecule has 1 saturated heterocycles. The summed E-state index contributed by atoms with van der Waals surface area (Å²) in [5.41, 5.74) is -0.704. The molecule has 1 aliphatic heterocycles. The number of alkyl carbamates (subject to hydrolysis) is 1. The number of nitrogens with one attached hydrogen (secondary N) is 1. The largest absolute Gasteiger partial charge is 0.481 e. The highest BCUT2D eigenvalue weighted by atomic mass is 32.2. The predicted molar refractivity (Wildman–Crippen MR) is 74.4 cm³/mol. The van der Waals surface area contributed by atoms with Crippen molar-refractivity contribution in [3.8, 4) is 0 Å². The SMILES string of the molecule is CC(C)(C)OC(=O)N[C@@H](CC(=O)O)C(=O)N1CCSC1. The highest BCUT2D eigenvalue weighted by Gasteiger charge is 2.31. The molecule has 0 bridgehead atoms. The van der Waals surface area contributed by atoms with Gasteiger partial charge in [-0.3, -0.25) is 9.59 Å². The number of rotatable bonds is 4. The Morgan fingerprint density at radius 3 is 2.50 bits per heavy atom. The zero-order valence-electron chi connectivity index (χ0n) is 11.8. The monoisotopic (exact) mass is 304 g/mol. The van der Waals surface area contributed by atoms with Gasteiger partial charge in [0.1, 0.15) is 11.6 Å². The van der Waals surface area contributed by atoms with Gasteiger partial charge < -0.3 is 20.1 Å². The van der Waals surface area contributed by atoms with E-state index in [1.807, 2.05) is 0 Å². The van der Waals surface area contributed by atoms with Crippen LogP contribution in [0, 0.1) is 0 Å². The smallest absolute Gasteiger partial charge is 0.408 e. The van der Waals surface area contributed by atoms with Crippen LogP contribution in [0.5, 0.6) is 0 Å². The minimum absolute atomic E-state index is 0.386. The standard InChI is InChI=1S/C12H20N2O5S/c1-12(2,3)19-11(18)13-8(6-9(15)16)10(17)14-4-5-20-7-14/h8H,4-7H2,1-3H3,(H,13,18)(H,15,16)/t8-/m0/s1. The number of thioether (sulfide) groups is 1. The number of carboxylic acid groups (broad SMARTS) is 1. The summed E-state index contributed by atoms with van der Waals surface area (Å²) < 4.78 is 5.04. The maximum Gasteiger partial charge on any atom is 0.408 e. The molecule has 114 valence electrons. The Labute approximate surface area is 122 Å². The van der Waals surface area contributed by atoms with Crippen LogP contribution in [0.25, 0.3) is 0 Å². The summed E-state index contributed by atoms with van der Waals surface area (Å²) in [5, 5.41) is 11.2. The highest BCUT2D eigenvalue weighted by molar-refractivity contribution is 7.99. The van der Waals surface area contributed by atoms with Gasteiger partial charge >= 0.3 is 12.1 Å². The highest BCUT2D eigenvalue weighted by Crippen LogP contribution is 2.15. The Hall–Kier alpha value is -1.44. The number of nitrogens with zero attached hydrogens (tertiary/aromatic N) is 1. The molecule has 0 aliphatic carbocycles. The first-order chi connectivity index (χ1) is 9.19. The fourth-order valence-corrected chi connectivity index (χ4v) is 2.59. The van der Waals surface area contributed by atoms with E-state index in [2.05, 4.69) is 5.32 Å². The number of carbonyl (C=O) groups is 3. The van der Waals surface area contributed by atoms with Crippen molar-refractivity contribution in [2.45, 2.75) is 38.8 Å². The fraction of sp³-hybridized carbons (Fsp3) is 0.750. The van der Waals surface area contributed by atoms with Gasteiger partial charge in [0.2, 0.25) is 5.91 Å². The van der Waals surface area contributed by atoms with E-state index in [-0.39, 0.29) is 5.91 Å². The molecule has 0 unspecified atom stereocenters. The molecule has 1 aliphatic rings. The molecule has 1 heterocycles. The van der Waals surface area contributed by atoms with Gasteiger partial charge in [-0.05, 0) is 20.8 Å². The molecule has 1 fully saturated rings. The molecular weight excluding hydrogens is 284 g/mol. The van der Waals surface area contributed by atoms with E-state index in [4.69, 9.17) is 9.84 Å². The number of carboxylic acids is 1. The molecule has 2 N–H and O–H groups in total. The van der Waals surface area contributed by atoms with Gasteiger partial charge in [0, 0.05) is 12.3 Å². The van der Waals surface area contributed by atoms with Gasteiger partial charge in [-0.1, -0.05) is 0 Å². The first kappa shape index (κ1) is 16.6. The van der Waals surface area contributed by atoms with Crippen molar-refractivity contribution in [1.82, 2.24) is 10.2 Å². The van der Waals surface area contributed by atoms with Gasteiger partial charge in [0.15, 0.2) is 0 Å². The normalized spacial score (nSPS) is 16.6. The minimum Gasteiger partial charge on any atom is -0.481 e. The fourth-order valence-electron chi connectivity index (χ4n) is 1.63. The lowest BCUT2D eigenvalue weighted by molar-refractivity contribution is -0.142. The van der Waals surface area contributed by atoms with Crippen LogP contribution in [0.15, 0.2) is 0 Å². The molecule has 0 saturated carbocycles. The summed E-state index contributed by atoms with van der Waals surface area (Å²) in [6.45, 7) is 5.64. The first-order valence-electron chi connectivity index (χ1n) is 6.27. The number of carbonyl (C=O) groups excluding carboxylic acids is 2. The van der Waals surface area contributed by atoms with Gasteiger partial charge in [-0.25, -0.2) is 4.79 Å². The van der Waals surface area contributed by atoms with Crippen LogP contribution in [0.1, 0.15) is 27.2 Å². The molecule has 8 heteroatoms. The Morgan fingerprint density at radius 2 is 2.05 bits per heavy atom. The third-order valence-corrected chi connectivity index (χ3v) is 3.40. The first-order valence-corrected chi connectivity index (χ1v) is 7.42.